The van der Waals surface area contributed by atoms with Gasteiger partial charge in [-0.3, -0.25) is 14.9 Å². The third-order valence-electron chi connectivity index (χ3n) is 3.46. The lowest BCUT2D eigenvalue weighted by Gasteiger charge is -2.10. The summed E-state index contributed by atoms with van der Waals surface area (Å²) in [4.78, 5) is 34.3. The molecule has 8 nitrogen and oxygen atoms in total. The number of amides is 1. The molecule has 130 valence electrons. The molecule has 2 aromatic rings. The molecule has 2 aromatic carbocycles. The predicted molar refractivity (Wildman–Crippen MR) is 92.7 cm³/mol. The number of carbonyl (C=O) groups excluding carboxylic acids is 2. The number of carbonyl (C=O) groups is 2. The van der Waals surface area contributed by atoms with Gasteiger partial charge in [0, 0.05) is 24.9 Å². The normalized spacial score (nSPS) is 10.0. The lowest BCUT2D eigenvalue weighted by atomic mass is 10.2. The van der Waals surface area contributed by atoms with Crippen LogP contribution in [0.25, 0.3) is 0 Å². The largest absolute Gasteiger partial charge is 0.452 e. The Kier molecular flexibility index (Phi) is 5.67. The summed E-state index contributed by atoms with van der Waals surface area (Å²) in [6, 6.07) is 10.9. The van der Waals surface area contributed by atoms with Gasteiger partial charge >= 0.3 is 5.97 Å². The maximum Gasteiger partial charge on any atom is 0.340 e. The first kappa shape index (κ1) is 17.9. The summed E-state index contributed by atoms with van der Waals surface area (Å²) in [5, 5.41) is 16.2. The van der Waals surface area contributed by atoms with E-state index in [-0.39, 0.29) is 5.69 Å². The molecule has 0 spiro atoms. The molecular formula is C17H17N3O5. The third kappa shape index (κ3) is 4.54. The molecule has 0 aromatic heterocycles. The SMILES string of the molecule is CNc1ccccc1C(=O)OCC(=O)Nc1cc([N+](=O)[O-])ccc1C. The number of nitrogens with one attached hydrogen (secondary N) is 2. The van der Waals surface area contributed by atoms with Crippen molar-refractivity contribution in [3.8, 4) is 0 Å². The van der Waals surface area contributed by atoms with Crippen molar-refractivity contribution < 1.29 is 19.2 Å². The van der Waals surface area contributed by atoms with Crippen molar-refractivity contribution in [2.24, 2.45) is 0 Å². The molecule has 0 aliphatic rings. The van der Waals surface area contributed by atoms with E-state index in [1.54, 1.807) is 38.2 Å². The van der Waals surface area contributed by atoms with Crippen LogP contribution < -0.4 is 10.6 Å². The quantitative estimate of drug-likeness (QED) is 0.474. The lowest BCUT2D eigenvalue weighted by molar-refractivity contribution is -0.384. The van der Waals surface area contributed by atoms with E-state index < -0.39 is 23.4 Å². The second kappa shape index (κ2) is 7.91. The smallest absolute Gasteiger partial charge is 0.340 e. The molecule has 0 fully saturated rings. The van der Waals surface area contributed by atoms with Crippen LogP contribution in [0, 0.1) is 17.0 Å². The molecule has 8 heteroatoms. The molecule has 0 atom stereocenters. The van der Waals surface area contributed by atoms with E-state index in [0.29, 0.717) is 22.5 Å². The van der Waals surface area contributed by atoms with E-state index in [4.69, 9.17) is 4.74 Å². The van der Waals surface area contributed by atoms with Gasteiger partial charge in [0.1, 0.15) is 0 Å². The summed E-state index contributed by atoms with van der Waals surface area (Å²) < 4.78 is 5.00. The minimum Gasteiger partial charge on any atom is -0.452 e. The summed E-state index contributed by atoms with van der Waals surface area (Å²) in [5.74, 6) is -1.23. The highest BCUT2D eigenvalue weighted by Crippen LogP contribution is 2.22. The number of esters is 1. The topological polar surface area (TPSA) is 111 Å². The first-order valence-electron chi connectivity index (χ1n) is 7.41. The van der Waals surface area contributed by atoms with Crippen molar-refractivity contribution in [2.45, 2.75) is 6.92 Å². The number of rotatable bonds is 6. The first-order valence-corrected chi connectivity index (χ1v) is 7.41. The Hall–Kier alpha value is -3.42. The Morgan fingerprint density at radius 3 is 2.56 bits per heavy atom. The molecule has 0 aliphatic carbocycles. The molecule has 0 unspecified atom stereocenters. The Bertz CT molecular complexity index is 820. The van der Waals surface area contributed by atoms with Crippen LogP contribution in [0.4, 0.5) is 17.1 Å². The van der Waals surface area contributed by atoms with Crippen molar-refractivity contribution >= 4 is 28.9 Å². The summed E-state index contributed by atoms with van der Waals surface area (Å²) in [5.41, 5.74) is 1.71. The van der Waals surface area contributed by atoms with Crippen molar-refractivity contribution in [2.75, 3.05) is 24.3 Å². The minimum atomic E-state index is -0.643. The predicted octanol–water partition coefficient (Wildman–Crippen LogP) is 2.74. The Balaban J connectivity index is 2.00. The molecule has 0 aliphatic heterocycles. The van der Waals surface area contributed by atoms with Crippen LogP contribution in [-0.4, -0.2) is 30.5 Å². The second-order valence-electron chi connectivity index (χ2n) is 5.18. The molecule has 0 bridgehead atoms. The van der Waals surface area contributed by atoms with Crippen LogP contribution >= 0.6 is 0 Å². The van der Waals surface area contributed by atoms with E-state index in [2.05, 4.69) is 10.6 Å². The Morgan fingerprint density at radius 2 is 1.88 bits per heavy atom. The zero-order valence-corrected chi connectivity index (χ0v) is 13.7. The van der Waals surface area contributed by atoms with Crippen molar-refractivity contribution in [1.82, 2.24) is 0 Å². The van der Waals surface area contributed by atoms with Gasteiger partial charge in [-0.15, -0.1) is 0 Å². The van der Waals surface area contributed by atoms with Crippen molar-refractivity contribution in [3.63, 3.8) is 0 Å². The van der Waals surface area contributed by atoms with Crippen LogP contribution in [-0.2, 0) is 9.53 Å². The van der Waals surface area contributed by atoms with Crippen LogP contribution in [0.5, 0.6) is 0 Å². The fraction of sp³-hybridized carbons (Fsp3) is 0.176. The maximum atomic E-state index is 12.1. The number of benzene rings is 2. The average Bonchev–Trinajstić information content (AvgIpc) is 2.61. The van der Waals surface area contributed by atoms with Crippen LogP contribution in [0.2, 0.25) is 0 Å². The molecule has 0 saturated heterocycles. The molecule has 0 heterocycles. The fourth-order valence-corrected chi connectivity index (χ4v) is 2.13. The first-order chi connectivity index (χ1) is 11.9. The number of non-ortho nitro benzene ring substituents is 1. The van der Waals surface area contributed by atoms with Gasteiger partial charge in [0.25, 0.3) is 11.6 Å². The van der Waals surface area contributed by atoms with Gasteiger partial charge in [-0.25, -0.2) is 4.79 Å². The third-order valence-corrected chi connectivity index (χ3v) is 3.46. The summed E-state index contributed by atoms with van der Waals surface area (Å²) in [6.45, 7) is 1.20. The number of nitro groups is 1. The number of aryl methyl sites for hydroxylation is 1. The molecule has 2 N–H and O–H groups in total. The number of nitrogens with zero attached hydrogens (tertiary/aromatic N) is 1. The van der Waals surface area contributed by atoms with Gasteiger partial charge in [-0.2, -0.15) is 0 Å². The highest BCUT2D eigenvalue weighted by atomic mass is 16.6. The zero-order valence-electron chi connectivity index (χ0n) is 13.7. The minimum absolute atomic E-state index is 0.138. The molecule has 25 heavy (non-hydrogen) atoms. The van der Waals surface area contributed by atoms with Crippen LogP contribution in [0.3, 0.4) is 0 Å². The number of nitro benzene ring substituents is 1. The van der Waals surface area contributed by atoms with Crippen molar-refractivity contribution in [1.29, 1.82) is 0 Å². The fourth-order valence-electron chi connectivity index (χ4n) is 2.13. The summed E-state index contributed by atoms with van der Waals surface area (Å²) >= 11 is 0. The Morgan fingerprint density at radius 1 is 1.16 bits per heavy atom. The van der Waals surface area contributed by atoms with Crippen LogP contribution in [0.15, 0.2) is 42.5 Å². The molecule has 0 radical (unpaired) electrons. The number of hydrogen-bond donors (Lipinski definition) is 2. The van der Waals surface area contributed by atoms with Crippen LogP contribution in [0.1, 0.15) is 15.9 Å². The summed E-state index contributed by atoms with van der Waals surface area (Å²) in [6.07, 6.45) is 0. The van der Waals surface area contributed by atoms with E-state index >= 15 is 0 Å². The highest BCUT2D eigenvalue weighted by molar-refractivity contribution is 5.98. The van der Waals surface area contributed by atoms with E-state index in [0.717, 1.165) is 0 Å². The van der Waals surface area contributed by atoms with Gasteiger partial charge in [0.2, 0.25) is 0 Å². The highest BCUT2D eigenvalue weighted by Gasteiger charge is 2.15. The van der Waals surface area contributed by atoms with E-state index in [1.807, 2.05) is 0 Å². The molecule has 2 rings (SSSR count). The summed E-state index contributed by atoms with van der Waals surface area (Å²) in [7, 11) is 1.67. The number of hydrogen-bond acceptors (Lipinski definition) is 6. The van der Waals surface area contributed by atoms with E-state index in [9.17, 15) is 19.7 Å². The monoisotopic (exact) mass is 343 g/mol. The van der Waals surface area contributed by atoms with Gasteiger partial charge in [-0.05, 0) is 24.6 Å². The second-order valence-corrected chi connectivity index (χ2v) is 5.18. The average molecular weight is 343 g/mol. The number of anilines is 2. The van der Waals surface area contributed by atoms with Gasteiger partial charge in [-0.1, -0.05) is 18.2 Å². The lowest BCUT2D eigenvalue weighted by Crippen LogP contribution is -2.21. The van der Waals surface area contributed by atoms with Crippen molar-refractivity contribution in [3.05, 3.63) is 63.7 Å². The van der Waals surface area contributed by atoms with Gasteiger partial charge < -0.3 is 15.4 Å². The molecule has 1 amide bonds. The van der Waals surface area contributed by atoms with E-state index in [1.165, 1.54) is 18.2 Å². The number of para-hydroxylation sites is 1. The standard InChI is InChI=1S/C17H17N3O5/c1-11-7-8-12(20(23)24)9-15(11)19-16(21)10-25-17(22)13-5-3-4-6-14(13)18-2/h3-9,18H,10H2,1-2H3,(H,19,21). The van der Waals surface area contributed by atoms with Gasteiger partial charge in [0.15, 0.2) is 6.61 Å². The molecule has 0 saturated carbocycles. The Labute approximate surface area is 144 Å². The molecular weight excluding hydrogens is 326 g/mol. The van der Waals surface area contributed by atoms with Gasteiger partial charge in [0.05, 0.1) is 16.2 Å². The number of ether oxygens (including phenoxy) is 1. The maximum absolute atomic E-state index is 12.1. The zero-order chi connectivity index (χ0) is 18.4.